The van der Waals surface area contributed by atoms with Crippen molar-refractivity contribution in [1.82, 2.24) is 4.98 Å². The van der Waals surface area contributed by atoms with Gasteiger partial charge in [0.2, 0.25) is 0 Å². The lowest BCUT2D eigenvalue weighted by atomic mass is 9.95. The van der Waals surface area contributed by atoms with Crippen LogP contribution in [0, 0.1) is 17.1 Å². The minimum absolute atomic E-state index is 0.0195. The van der Waals surface area contributed by atoms with E-state index in [9.17, 15) is 9.65 Å². The molecule has 6 nitrogen and oxygen atoms in total. The Labute approximate surface area is 177 Å². The Morgan fingerprint density at radius 1 is 1.34 bits per heavy atom. The highest BCUT2D eigenvalue weighted by Crippen LogP contribution is 2.32. The average Bonchev–Trinajstić information content (AvgIpc) is 2.75. The normalized spacial score (nSPS) is 17.5. The van der Waals surface area contributed by atoms with E-state index < -0.39 is 11.7 Å². The fourth-order valence-corrected chi connectivity index (χ4v) is 3.44. The highest BCUT2D eigenvalue weighted by atomic mass is 79.9. The van der Waals surface area contributed by atoms with Crippen LogP contribution >= 0.6 is 15.9 Å². The van der Waals surface area contributed by atoms with Crippen molar-refractivity contribution in [3.05, 3.63) is 57.6 Å². The van der Waals surface area contributed by atoms with E-state index in [1.54, 1.807) is 24.3 Å². The zero-order chi connectivity index (χ0) is 20.6. The van der Waals surface area contributed by atoms with Crippen molar-refractivity contribution >= 4 is 15.9 Å². The zero-order valence-corrected chi connectivity index (χ0v) is 17.7. The van der Waals surface area contributed by atoms with E-state index in [0.717, 1.165) is 19.3 Å². The Hall–Kier alpha value is -2.05. The first-order valence-corrected chi connectivity index (χ1v) is 10.1. The summed E-state index contributed by atoms with van der Waals surface area (Å²) in [6.07, 6.45) is 2.73. The van der Waals surface area contributed by atoms with Crippen molar-refractivity contribution < 1.29 is 23.3 Å². The molecule has 1 aliphatic heterocycles. The van der Waals surface area contributed by atoms with Crippen LogP contribution in [0.25, 0.3) is 0 Å². The summed E-state index contributed by atoms with van der Waals surface area (Å²) >= 11 is 3.17. The first kappa shape index (κ1) is 21.7. The third kappa shape index (κ3) is 5.73. The summed E-state index contributed by atoms with van der Waals surface area (Å²) in [6, 6.07) is 10.2. The number of aromatic nitrogens is 1. The molecule has 8 heteroatoms. The second-order valence-electron chi connectivity index (χ2n) is 6.58. The van der Waals surface area contributed by atoms with Crippen molar-refractivity contribution in [3.63, 3.8) is 0 Å². The zero-order valence-electron chi connectivity index (χ0n) is 16.1. The van der Waals surface area contributed by atoms with E-state index in [1.807, 2.05) is 0 Å². The van der Waals surface area contributed by atoms with Gasteiger partial charge < -0.3 is 18.9 Å². The molecular formula is C21H22BrFN2O4. The summed E-state index contributed by atoms with van der Waals surface area (Å²) in [4.78, 5) is 4.62. The summed E-state index contributed by atoms with van der Waals surface area (Å²) in [5, 5.41) is 9.83. The number of nitrogens with zero attached hydrogens (tertiary/aromatic N) is 2. The SMILES string of the molecule is COCOc1ccc(COC2CCCCO2)nc1C(C#N)c1ccc(F)c(Br)c1. The van der Waals surface area contributed by atoms with E-state index in [1.165, 1.54) is 13.2 Å². The molecular weight excluding hydrogens is 443 g/mol. The highest BCUT2D eigenvalue weighted by molar-refractivity contribution is 9.10. The minimum atomic E-state index is -0.746. The van der Waals surface area contributed by atoms with E-state index in [2.05, 4.69) is 27.0 Å². The molecule has 0 N–H and O–H groups in total. The van der Waals surface area contributed by atoms with E-state index in [4.69, 9.17) is 18.9 Å². The number of hydrogen-bond acceptors (Lipinski definition) is 6. The van der Waals surface area contributed by atoms with E-state index in [-0.39, 0.29) is 24.2 Å². The summed E-state index contributed by atoms with van der Waals surface area (Å²) in [5.74, 6) is -0.718. The Bertz CT molecular complexity index is 868. The third-order valence-electron chi connectivity index (χ3n) is 4.51. The van der Waals surface area contributed by atoms with Crippen LogP contribution in [0.2, 0.25) is 0 Å². The van der Waals surface area contributed by atoms with Gasteiger partial charge in [-0.15, -0.1) is 0 Å². The molecule has 1 aliphatic rings. The lowest BCUT2D eigenvalue weighted by molar-refractivity contribution is -0.169. The molecule has 1 fully saturated rings. The van der Waals surface area contributed by atoms with Gasteiger partial charge in [0.15, 0.2) is 13.1 Å². The van der Waals surface area contributed by atoms with Gasteiger partial charge in [0, 0.05) is 13.7 Å². The largest absolute Gasteiger partial charge is 0.466 e. The molecule has 154 valence electrons. The maximum atomic E-state index is 13.6. The van der Waals surface area contributed by atoms with Crippen molar-refractivity contribution in [2.75, 3.05) is 20.5 Å². The number of nitriles is 1. The molecule has 2 heterocycles. The van der Waals surface area contributed by atoms with E-state index >= 15 is 0 Å². The predicted molar refractivity (Wildman–Crippen MR) is 107 cm³/mol. The highest BCUT2D eigenvalue weighted by Gasteiger charge is 2.22. The van der Waals surface area contributed by atoms with Crippen molar-refractivity contribution in [2.45, 2.75) is 38.1 Å². The van der Waals surface area contributed by atoms with Crippen LogP contribution in [0.5, 0.6) is 5.75 Å². The summed E-state index contributed by atoms with van der Waals surface area (Å²) in [7, 11) is 1.51. The van der Waals surface area contributed by atoms with Crippen molar-refractivity contribution in [2.24, 2.45) is 0 Å². The number of ether oxygens (including phenoxy) is 4. The molecule has 3 rings (SSSR count). The van der Waals surface area contributed by atoms with Crippen LogP contribution in [0.15, 0.2) is 34.8 Å². The van der Waals surface area contributed by atoms with Gasteiger partial charge in [-0.2, -0.15) is 5.26 Å². The van der Waals surface area contributed by atoms with Gasteiger partial charge >= 0.3 is 0 Å². The average molecular weight is 465 g/mol. The number of pyridine rings is 1. The molecule has 2 aromatic rings. The second-order valence-corrected chi connectivity index (χ2v) is 7.43. The minimum Gasteiger partial charge on any atom is -0.466 e. The van der Waals surface area contributed by atoms with Crippen LogP contribution in [0.4, 0.5) is 4.39 Å². The molecule has 0 bridgehead atoms. The predicted octanol–water partition coefficient (Wildman–Crippen LogP) is 4.66. The first-order valence-electron chi connectivity index (χ1n) is 9.31. The summed E-state index contributed by atoms with van der Waals surface area (Å²) in [5.41, 5.74) is 1.68. The molecule has 1 aromatic heterocycles. The molecule has 1 aromatic carbocycles. The van der Waals surface area contributed by atoms with Crippen LogP contribution in [0.3, 0.4) is 0 Å². The molecule has 0 spiro atoms. The maximum Gasteiger partial charge on any atom is 0.188 e. The summed E-state index contributed by atoms with van der Waals surface area (Å²) in [6.45, 7) is 0.974. The van der Waals surface area contributed by atoms with E-state index in [0.29, 0.717) is 29.3 Å². The Morgan fingerprint density at radius 2 is 2.21 bits per heavy atom. The Kier molecular flexibility index (Phi) is 7.95. The summed E-state index contributed by atoms with van der Waals surface area (Å²) < 4.78 is 35.9. The quantitative estimate of drug-likeness (QED) is 0.528. The molecule has 2 unspecified atom stereocenters. The van der Waals surface area contributed by atoms with Crippen LogP contribution in [-0.4, -0.2) is 31.8 Å². The Balaban J connectivity index is 1.87. The molecule has 1 saturated heterocycles. The smallest absolute Gasteiger partial charge is 0.188 e. The molecule has 0 aliphatic carbocycles. The van der Waals surface area contributed by atoms with Gasteiger partial charge in [0.05, 0.1) is 22.8 Å². The number of hydrogen-bond donors (Lipinski definition) is 0. The molecule has 0 radical (unpaired) electrons. The van der Waals surface area contributed by atoms with Gasteiger partial charge in [0.25, 0.3) is 0 Å². The van der Waals surface area contributed by atoms with Crippen LogP contribution in [0.1, 0.15) is 42.1 Å². The van der Waals surface area contributed by atoms with Gasteiger partial charge in [-0.25, -0.2) is 9.37 Å². The number of rotatable bonds is 8. The molecule has 2 atom stereocenters. The maximum absolute atomic E-state index is 13.6. The number of methoxy groups -OCH3 is 1. The molecule has 29 heavy (non-hydrogen) atoms. The standard InChI is InChI=1S/C21H22BrFN2O4/c1-26-13-29-19-8-6-15(12-28-20-4-2-3-9-27-20)25-21(19)16(11-24)14-5-7-18(23)17(22)10-14/h5-8,10,16,20H,2-4,9,12-13H2,1H3. The monoisotopic (exact) mass is 464 g/mol. The van der Waals surface area contributed by atoms with Crippen LogP contribution < -0.4 is 4.74 Å². The van der Waals surface area contributed by atoms with Gasteiger partial charge in [-0.05, 0) is 65.0 Å². The number of benzene rings is 1. The number of halogens is 2. The van der Waals surface area contributed by atoms with Crippen molar-refractivity contribution in [3.8, 4) is 11.8 Å². The lowest BCUT2D eigenvalue weighted by Crippen LogP contribution is -2.22. The van der Waals surface area contributed by atoms with Gasteiger partial charge in [-0.1, -0.05) is 6.07 Å². The lowest BCUT2D eigenvalue weighted by Gasteiger charge is -2.23. The fourth-order valence-electron chi connectivity index (χ4n) is 3.04. The topological polar surface area (TPSA) is 73.6 Å². The Morgan fingerprint density at radius 3 is 2.90 bits per heavy atom. The fraction of sp³-hybridized carbons (Fsp3) is 0.429. The second kappa shape index (κ2) is 10.6. The van der Waals surface area contributed by atoms with Gasteiger partial charge in [-0.3, -0.25) is 0 Å². The molecule has 0 amide bonds. The first-order chi connectivity index (χ1) is 14.1. The third-order valence-corrected chi connectivity index (χ3v) is 5.12. The van der Waals surface area contributed by atoms with Crippen LogP contribution in [-0.2, 0) is 20.8 Å². The molecule has 0 saturated carbocycles. The van der Waals surface area contributed by atoms with Crippen molar-refractivity contribution in [1.29, 1.82) is 5.26 Å². The van der Waals surface area contributed by atoms with Gasteiger partial charge in [0.1, 0.15) is 23.2 Å².